The van der Waals surface area contributed by atoms with Gasteiger partial charge in [0, 0.05) is 50.7 Å². The van der Waals surface area contributed by atoms with Crippen molar-refractivity contribution in [2.75, 3.05) is 17.2 Å². The third-order valence-corrected chi connectivity index (χ3v) is 5.94. The molecule has 0 radical (unpaired) electrons. The molecule has 4 aromatic rings. The molecule has 4 rings (SSSR count). The number of aryl methyl sites for hydroxylation is 2. The van der Waals surface area contributed by atoms with Gasteiger partial charge in [-0.2, -0.15) is 0 Å². The van der Waals surface area contributed by atoms with Crippen LogP contribution in [0.5, 0.6) is 0 Å². The number of ketones is 2. The van der Waals surface area contributed by atoms with Gasteiger partial charge in [0.25, 0.3) is 0 Å². The smallest absolute Gasteiger partial charge is 0.243 e. The first kappa shape index (κ1) is 23.8. The maximum Gasteiger partial charge on any atom is 0.243 e. The Morgan fingerprint density at radius 2 is 1.17 bits per heavy atom. The van der Waals surface area contributed by atoms with E-state index in [1.54, 1.807) is 6.92 Å². The molecule has 2 heterocycles. The highest BCUT2D eigenvalue weighted by Crippen LogP contribution is 2.30. The zero-order valence-electron chi connectivity index (χ0n) is 20.2. The van der Waals surface area contributed by atoms with Crippen molar-refractivity contribution in [3.8, 4) is 22.5 Å². The van der Waals surface area contributed by atoms with Crippen LogP contribution in [0.1, 0.15) is 46.0 Å². The van der Waals surface area contributed by atoms with Crippen molar-refractivity contribution in [1.29, 1.82) is 0 Å². The van der Waals surface area contributed by atoms with Gasteiger partial charge in [0.2, 0.25) is 5.91 Å². The Morgan fingerprint density at radius 1 is 0.714 bits per heavy atom. The zero-order chi connectivity index (χ0) is 25.1. The molecule has 0 aliphatic carbocycles. The number of amides is 1. The highest BCUT2D eigenvalue weighted by Gasteiger charge is 2.15. The Hall–Kier alpha value is -4.39. The molecule has 0 aliphatic rings. The van der Waals surface area contributed by atoms with E-state index in [1.165, 1.54) is 6.92 Å². The van der Waals surface area contributed by atoms with E-state index < -0.39 is 0 Å². The van der Waals surface area contributed by atoms with E-state index in [0.29, 0.717) is 16.8 Å². The second-order valence-electron chi connectivity index (χ2n) is 8.55. The van der Waals surface area contributed by atoms with Gasteiger partial charge in [-0.25, -0.2) is 0 Å². The third kappa shape index (κ3) is 5.09. The van der Waals surface area contributed by atoms with Crippen LogP contribution in [0, 0.1) is 13.8 Å². The Kier molecular flexibility index (Phi) is 6.68. The van der Waals surface area contributed by atoms with E-state index in [9.17, 15) is 14.4 Å². The second kappa shape index (κ2) is 9.85. The molecule has 2 aromatic carbocycles. The quantitative estimate of drug-likeness (QED) is 0.247. The van der Waals surface area contributed by atoms with Gasteiger partial charge in [-0.1, -0.05) is 36.4 Å². The number of Topliss-reactive ketones (excluding diaryl/α,β-unsaturated/α-hetero) is 2. The highest BCUT2D eigenvalue weighted by atomic mass is 16.2. The predicted molar refractivity (Wildman–Crippen MR) is 139 cm³/mol. The lowest BCUT2D eigenvalue weighted by Gasteiger charge is -2.13. The number of carbonyl (C=O) groups excluding carboxylic acids is 3. The third-order valence-electron chi connectivity index (χ3n) is 5.94. The average Bonchev–Trinajstić information content (AvgIpc) is 3.41. The first-order valence-electron chi connectivity index (χ1n) is 11.4. The maximum absolute atomic E-state index is 12.9. The van der Waals surface area contributed by atoms with Crippen molar-refractivity contribution >= 4 is 28.8 Å². The van der Waals surface area contributed by atoms with Crippen LogP contribution in [0.25, 0.3) is 22.5 Å². The van der Waals surface area contributed by atoms with Crippen LogP contribution in [0.3, 0.4) is 0 Å². The molecule has 7 heteroatoms. The van der Waals surface area contributed by atoms with Gasteiger partial charge < -0.3 is 20.6 Å². The number of aromatic amines is 2. The molecule has 0 fully saturated rings. The van der Waals surface area contributed by atoms with Crippen molar-refractivity contribution < 1.29 is 14.4 Å². The zero-order valence-corrected chi connectivity index (χ0v) is 20.2. The summed E-state index contributed by atoms with van der Waals surface area (Å²) >= 11 is 0. The largest absolute Gasteiger partial charge is 0.376 e. The molecule has 0 saturated heterocycles. The summed E-state index contributed by atoms with van der Waals surface area (Å²) in [5.74, 6) is -0.224. The van der Waals surface area contributed by atoms with Crippen LogP contribution >= 0.6 is 0 Å². The molecule has 4 N–H and O–H groups in total. The van der Waals surface area contributed by atoms with E-state index in [0.717, 1.165) is 39.6 Å². The topological polar surface area (TPSA) is 107 Å². The van der Waals surface area contributed by atoms with Gasteiger partial charge in [-0.15, -0.1) is 0 Å². The minimum Gasteiger partial charge on any atom is -0.376 e. The van der Waals surface area contributed by atoms with Crippen LogP contribution in [-0.4, -0.2) is 34.0 Å². The number of para-hydroxylation sites is 2. The van der Waals surface area contributed by atoms with Crippen molar-refractivity contribution in [3.63, 3.8) is 0 Å². The molecule has 0 spiro atoms. The molecular weight excluding hydrogens is 440 g/mol. The Balaban J connectivity index is 1.51. The first-order valence-corrected chi connectivity index (χ1v) is 11.4. The van der Waals surface area contributed by atoms with Crippen LogP contribution in [0.15, 0.2) is 60.7 Å². The van der Waals surface area contributed by atoms with Crippen molar-refractivity contribution in [3.05, 3.63) is 83.2 Å². The van der Waals surface area contributed by atoms with E-state index in [1.807, 2.05) is 74.5 Å². The molecule has 0 aliphatic heterocycles. The van der Waals surface area contributed by atoms with Crippen LogP contribution in [0.2, 0.25) is 0 Å². The molecule has 0 atom stereocenters. The number of H-pyrrole nitrogens is 2. The minimum atomic E-state index is -0.214. The predicted octanol–water partition coefficient (Wildman–Crippen LogP) is 5.75. The van der Waals surface area contributed by atoms with Gasteiger partial charge >= 0.3 is 0 Å². The lowest BCUT2D eigenvalue weighted by Crippen LogP contribution is -2.22. The van der Waals surface area contributed by atoms with E-state index in [4.69, 9.17) is 0 Å². The van der Waals surface area contributed by atoms with Crippen LogP contribution < -0.4 is 10.6 Å². The van der Waals surface area contributed by atoms with Gasteiger partial charge in [0.05, 0.1) is 12.2 Å². The molecule has 178 valence electrons. The fraction of sp³-hybridized carbons (Fsp3) is 0.179. The number of benzene rings is 2. The van der Waals surface area contributed by atoms with Gasteiger partial charge in [0.15, 0.2) is 11.6 Å². The average molecular weight is 469 g/mol. The Bertz CT molecular complexity index is 1430. The summed E-state index contributed by atoms with van der Waals surface area (Å²) in [5.41, 5.74) is 7.56. The van der Waals surface area contributed by atoms with E-state index >= 15 is 0 Å². The van der Waals surface area contributed by atoms with Crippen molar-refractivity contribution in [2.24, 2.45) is 0 Å². The number of nitrogens with one attached hydrogen (secondary N) is 4. The molecule has 1 amide bonds. The summed E-state index contributed by atoms with van der Waals surface area (Å²) in [4.78, 5) is 43.1. The standard InChI is InChI=1S/C28H28N4O3/c1-16-22(18(3)33)13-26(30-16)20-9-5-7-11-24(20)29-15-28(35)32-25-12-8-6-10-21(25)27-14-23(19(4)34)17(2)31-27/h5-14,29-31H,15H2,1-4H3,(H,32,35). The molecule has 7 nitrogen and oxygen atoms in total. The summed E-state index contributed by atoms with van der Waals surface area (Å²) in [6.45, 7) is 6.85. The summed E-state index contributed by atoms with van der Waals surface area (Å²) in [6, 6.07) is 18.7. The lowest BCUT2D eigenvalue weighted by atomic mass is 10.1. The number of aromatic nitrogens is 2. The Morgan fingerprint density at radius 3 is 1.66 bits per heavy atom. The molecule has 35 heavy (non-hydrogen) atoms. The monoisotopic (exact) mass is 468 g/mol. The summed E-state index contributed by atoms with van der Waals surface area (Å²) < 4.78 is 0. The molecular formula is C28H28N4O3. The van der Waals surface area contributed by atoms with Crippen molar-refractivity contribution in [2.45, 2.75) is 27.7 Å². The molecule has 2 aromatic heterocycles. The molecule has 0 saturated carbocycles. The summed E-state index contributed by atoms with van der Waals surface area (Å²) in [6.07, 6.45) is 0. The van der Waals surface area contributed by atoms with Gasteiger partial charge in [0.1, 0.15) is 0 Å². The van der Waals surface area contributed by atoms with E-state index in [2.05, 4.69) is 20.6 Å². The van der Waals surface area contributed by atoms with Crippen molar-refractivity contribution in [1.82, 2.24) is 9.97 Å². The summed E-state index contributed by atoms with van der Waals surface area (Å²) in [5, 5.41) is 6.17. The van der Waals surface area contributed by atoms with E-state index in [-0.39, 0.29) is 24.0 Å². The molecule has 0 unspecified atom stereocenters. The molecule has 0 bridgehead atoms. The number of anilines is 2. The number of hydrogen-bond donors (Lipinski definition) is 4. The summed E-state index contributed by atoms with van der Waals surface area (Å²) in [7, 11) is 0. The lowest BCUT2D eigenvalue weighted by molar-refractivity contribution is -0.114. The fourth-order valence-corrected chi connectivity index (χ4v) is 4.21. The number of rotatable bonds is 8. The van der Waals surface area contributed by atoms with Crippen LogP contribution in [-0.2, 0) is 4.79 Å². The fourth-order valence-electron chi connectivity index (χ4n) is 4.21. The SMILES string of the molecule is CC(=O)c1cc(-c2ccccc2NCC(=O)Nc2ccccc2-c2cc(C(C)=O)c(C)[nH]2)[nH]c1C. The minimum absolute atomic E-state index is 0.00108. The number of hydrogen-bond acceptors (Lipinski definition) is 4. The first-order chi connectivity index (χ1) is 16.7. The van der Waals surface area contributed by atoms with Crippen LogP contribution in [0.4, 0.5) is 11.4 Å². The second-order valence-corrected chi connectivity index (χ2v) is 8.55. The number of carbonyl (C=O) groups is 3. The maximum atomic E-state index is 12.9. The normalized spacial score (nSPS) is 10.7. The van der Waals surface area contributed by atoms with Gasteiger partial charge in [-0.05, 0) is 52.0 Å². The van der Waals surface area contributed by atoms with Gasteiger partial charge in [-0.3, -0.25) is 14.4 Å². The Labute approximate surface area is 204 Å². The highest BCUT2D eigenvalue weighted by molar-refractivity contribution is 6.00.